The van der Waals surface area contributed by atoms with E-state index in [1.807, 2.05) is 6.08 Å². The lowest BCUT2D eigenvalue weighted by molar-refractivity contribution is -0.302. The van der Waals surface area contributed by atoms with Gasteiger partial charge in [0, 0.05) is 12.8 Å². The number of aliphatic hydroxyl groups excluding tert-OH is 5. The molecule has 7 atom stereocenters. The van der Waals surface area contributed by atoms with Crippen LogP contribution in [0, 0.1) is 0 Å². The maximum Gasteiger partial charge on any atom is 0.305 e. The maximum absolute atomic E-state index is 13.1. The molecule has 11 heteroatoms. The average molecular weight is 1230 g/mol. The van der Waals surface area contributed by atoms with Crippen molar-refractivity contribution >= 4 is 11.9 Å². The summed E-state index contributed by atoms with van der Waals surface area (Å²) in [7, 11) is 0. The van der Waals surface area contributed by atoms with Crippen molar-refractivity contribution in [3.05, 3.63) is 24.3 Å². The standard InChI is InChI=1S/C76H145NO10/c1-3-5-7-9-11-13-15-16-36-39-43-46-50-54-58-62-69(79)68(67-86-76-75(84)74(83)73(82)70(66-78)87-76)77-71(80)63-59-55-51-47-44-40-37-34-32-30-28-26-24-22-20-18-17-19-21-23-25-27-29-31-33-35-38-41-45-49-53-57-61-65-85-72(81)64-60-56-52-48-42-14-12-10-8-6-4-2/h43,46,58,62,68-70,73-76,78-79,82-84H,3-42,44-45,47-57,59-61,63-67H2,1-2H3,(H,77,80)/b46-43+,62-58+. The Morgan fingerprint density at radius 2 is 0.747 bits per heavy atom. The Balaban J connectivity index is 1.95. The molecule has 0 spiro atoms. The highest BCUT2D eigenvalue weighted by Gasteiger charge is 2.44. The third-order valence-electron chi connectivity index (χ3n) is 18.3. The van der Waals surface area contributed by atoms with Gasteiger partial charge in [-0.25, -0.2) is 0 Å². The van der Waals surface area contributed by atoms with E-state index in [9.17, 15) is 35.1 Å². The molecular weight excluding hydrogens is 1090 g/mol. The monoisotopic (exact) mass is 1230 g/mol. The lowest BCUT2D eigenvalue weighted by Gasteiger charge is -2.40. The molecular formula is C76H145NO10. The van der Waals surface area contributed by atoms with Crippen LogP contribution in [0.2, 0.25) is 0 Å². The summed E-state index contributed by atoms with van der Waals surface area (Å²) >= 11 is 0. The molecule has 0 aromatic heterocycles. The molecule has 0 aliphatic carbocycles. The largest absolute Gasteiger partial charge is 0.466 e. The first-order chi connectivity index (χ1) is 42.7. The van der Waals surface area contributed by atoms with E-state index in [2.05, 4.69) is 31.3 Å². The van der Waals surface area contributed by atoms with E-state index < -0.39 is 49.5 Å². The number of ether oxygens (including phenoxy) is 3. The molecule has 1 amide bonds. The highest BCUT2D eigenvalue weighted by atomic mass is 16.7. The van der Waals surface area contributed by atoms with Crippen LogP contribution in [0.15, 0.2) is 24.3 Å². The van der Waals surface area contributed by atoms with E-state index in [1.54, 1.807) is 6.08 Å². The van der Waals surface area contributed by atoms with Crippen LogP contribution < -0.4 is 5.32 Å². The van der Waals surface area contributed by atoms with Gasteiger partial charge in [-0.3, -0.25) is 9.59 Å². The van der Waals surface area contributed by atoms with Crippen molar-refractivity contribution in [1.82, 2.24) is 5.32 Å². The number of hydrogen-bond acceptors (Lipinski definition) is 10. The van der Waals surface area contributed by atoms with Crippen molar-refractivity contribution in [2.75, 3.05) is 19.8 Å². The number of carbonyl (C=O) groups is 2. The van der Waals surface area contributed by atoms with E-state index >= 15 is 0 Å². The normalized spacial score (nSPS) is 17.9. The van der Waals surface area contributed by atoms with Crippen LogP contribution in [0.5, 0.6) is 0 Å². The molecule has 0 aromatic carbocycles. The summed E-state index contributed by atoms with van der Waals surface area (Å²) in [6.45, 7) is 4.38. The van der Waals surface area contributed by atoms with Crippen LogP contribution in [0.1, 0.15) is 386 Å². The molecule has 0 aromatic rings. The van der Waals surface area contributed by atoms with Crippen molar-refractivity contribution < 1.29 is 49.3 Å². The van der Waals surface area contributed by atoms with Crippen LogP contribution in [0.4, 0.5) is 0 Å². The van der Waals surface area contributed by atoms with Gasteiger partial charge < -0.3 is 45.1 Å². The second-order valence-corrected chi connectivity index (χ2v) is 26.7. The molecule has 7 unspecified atom stereocenters. The Hall–Kier alpha value is -1.86. The fourth-order valence-electron chi connectivity index (χ4n) is 12.3. The Morgan fingerprint density at radius 3 is 1.14 bits per heavy atom. The number of carbonyl (C=O) groups excluding carboxylic acids is 2. The van der Waals surface area contributed by atoms with Gasteiger partial charge in [-0.15, -0.1) is 0 Å². The minimum Gasteiger partial charge on any atom is -0.466 e. The molecule has 6 N–H and O–H groups in total. The minimum absolute atomic E-state index is 0.0146. The number of allylic oxidation sites excluding steroid dienone is 3. The van der Waals surface area contributed by atoms with E-state index in [1.165, 1.54) is 308 Å². The quantitative estimate of drug-likeness (QED) is 0.0195. The lowest BCUT2D eigenvalue weighted by atomic mass is 9.99. The number of unbranched alkanes of at least 4 members (excludes halogenated alkanes) is 52. The van der Waals surface area contributed by atoms with Crippen LogP contribution in [-0.4, -0.2) is 100 Å². The zero-order chi connectivity index (χ0) is 63.0. The fraction of sp³-hybridized carbons (Fsp3) is 0.921. The summed E-state index contributed by atoms with van der Waals surface area (Å²) in [4.78, 5) is 25.1. The van der Waals surface area contributed by atoms with Gasteiger partial charge in [0.25, 0.3) is 0 Å². The average Bonchev–Trinajstić information content (AvgIpc) is 3.16. The van der Waals surface area contributed by atoms with E-state index in [0.717, 1.165) is 51.4 Å². The first-order valence-electron chi connectivity index (χ1n) is 38.1. The number of rotatable bonds is 68. The van der Waals surface area contributed by atoms with E-state index in [-0.39, 0.29) is 18.5 Å². The molecule has 11 nitrogen and oxygen atoms in total. The molecule has 1 heterocycles. The predicted octanol–water partition coefficient (Wildman–Crippen LogP) is 20.0. The zero-order valence-electron chi connectivity index (χ0n) is 57.3. The molecule has 0 radical (unpaired) electrons. The topological polar surface area (TPSA) is 175 Å². The molecule has 1 aliphatic heterocycles. The van der Waals surface area contributed by atoms with Crippen molar-refractivity contribution in [2.45, 2.75) is 429 Å². The van der Waals surface area contributed by atoms with Gasteiger partial charge in [0.2, 0.25) is 5.91 Å². The highest BCUT2D eigenvalue weighted by Crippen LogP contribution is 2.24. The second-order valence-electron chi connectivity index (χ2n) is 26.7. The van der Waals surface area contributed by atoms with Gasteiger partial charge in [0.1, 0.15) is 24.4 Å². The second kappa shape index (κ2) is 65.6. The summed E-state index contributed by atoms with van der Waals surface area (Å²) in [5.41, 5.74) is 0. The minimum atomic E-state index is -1.57. The van der Waals surface area contributed by atoms with Crippen LogP contribution in [0.3, 0.4) is 0 Å². The van der Waals surface area contributed by atoms with Crippen molar-refractivity contribution in [3.63, 3.8) is 0 Å². The Kier molecular flexibility index (Phi) is 62.7. The van der Waals surface area contributed by atoms with Gasteiger partial charge >= 0.3 is 5.97 Å². The van der Waals surface area contributed by atoms with Gasteiger partial charge in [-0.2, -0.15) is 0 Å². The predicted molar refractivity (Wildman–Crippen MR) is 366 cm³/mol. The summed E-state index contributed by atoms with van der Waals surface area (Å²) in [5.74, 6) is -0.169. The van der Waals surface area contributed by atoms with Crippen molar-refractivity contribution in [1.29, 1.82) is 0 Å². The first kappa shape index (κ1) is 83.2. The fourth-order valence-corrected chi connectivity index (χ4v) is 12.3. The number of hydrogen-bond donors (Lipinski definition) is 6. The first-order valence-corrected chi connectivity index (χ1v) is 38.1. The summed E-state index contributed by atoms with van der Waals surface area (Å²) in [6, 6.07) is -0.824. The molecule has 0 bridgehead atoms. The van der Waals surface area contributed by atoms with Gasteiger partial charge in [0.05, 0.1) is 32.0 Å². The third-order valence-corrected chi connectivity index (χ3v) is 18.3. The smallest absolute Gasteiger partial charge is 0.305 e. The lowest BCUT2D eigenvalue weighted by Crippen LogP contribution is -2.60. The maximum atomic E-state index is 13.1. The van der Waals surface area contributed by atoms with Gasteiger partial charge in [-0.1, -0.05) is 353 Å². The Morgan fingerprint density at radius 1 is 0.414 bits per heavy atom. The molecule has 1 aliphatic rings. The SMILES string of the molecule is CCCCCCCCCCC/C=C/CC/C=C/C(O)C(COC1OC(CO)C(O)C(O)C1O)NC(=O)CCCCCCCCCCCCCCCCCCCCCCCCCCCCCCCCCCCOC(=O)CCCCCCCCCCCCC. The van der Waals surface area contributed by atoms with Crippen LogP contribution in [-0.2, 0) is 23.8 Å². The van der Waals surface area contributed by atoms with Gasteiger partial charge in [0.15, 0.2) is 6.29 Å². The van der Waals surface area contributed by atoms with Crippen molar-refractivity contribution in [3.8, 4) is 0 Å². The van der Waals surface area contributed by atoms with E-state index in [0.29, 0.717) is 19.4 Å². The molecule has 1 fully saturated rings. The number of aliphatic hydroxyl groups is 5. The molecule has 0 saturated carbocycles. The summed E-state index contributed by atoms with van der Waals surface area (Å²) in [5, 5.41) is 54.6. The van der Waals surface area contributed by atoms with Gasteiger partial charge in [-0.05, 0) is 44.9 Å². The number of amides is 1. The number of nitrogens with one attached hydrogen (secondary N) is 1. The third kappa shape index (κ3) is 54.4. The summed E-state index contributed by atoms with van der Waals surface area (Å²) < 4.78 is 16.8. The zero-order valence-corrected chi connectivity index (χ0v) is 57.3. The molecule has 87 heavy (non-hydrogen) atoms. The Labute approximate surface area is 537 Å². The number of esters is 1. The van der Waals surface area contributed by atoms with E-state index in [4.69, 9.17) is 14.2 Å². The summed E-state index contributed by atoms with van der Waals surface area (Å²) in [6.07, 6.45) is 73.3. The molecule has 514 valence electrons. The molecule has 1 rings (SSSR count). The Bertz CT molecular complexity index is 1490. The molecule has 1 saturated heterocycles. The van der Waals surface area contributed by atoms with Crippen molar-refractivity contribution in [2.24, 2.45) is 0 Å². The highest BCUT2D eigenvalue weighted by molar-refractivity contribution is 5.76. The van der Waals surface area contributed by atoms with Crippen LogP contribution in [0.25, 0.3) is 0 Å². The van der Waals surface area contributed by atoms with Crippen LogP contribution >= 0.6 is 0 Å².